The summed E-state index contributed by atoms with van der Waals surface area (Å²) in [5.41, 5.74) is 0.844. The van der Waals surface area contributed by atoms with Gasteiger partial charge in [0.25, 0.3) is 0 Å². The third-order valence-corrected chi connectivity index (χ3v) is 4.15. The Bertz CT molecular complexity index is 501. The highest BCUT2D eigenvalue weighted by Gasteiger charge is 2.06. The van der Waals surface area contributed by atoms with E-state index < -0.39 is 11.0 Å². The van der Waals surface area contributed by atoms with E-state index in [0.717, 1.165) is 15.1 Å². The third kappa shape index (κ3) is 2.71. The van der Waals surface area contributed by atoms with E-state index in [1.807, 2.05) is 54.6 Å². The summed E-state index contributed by atoms with van der Waals surface area (Å²) in [6.07, 6.45) is 0. The van der Waals surface area contributed by atoms with Gasteiger partial charge in [-0.2, -0.15) is 0 Å². The van der Waals surface area contributed by atoms with Crippen LogP contribution in [0.5, 0.6) is 0 Å². The van der Waals surface area contributed by atoms with Crippen LogP contribution in [0.4, 0.5) is 5.69 Å². The summed E-state index contributed by atoms with van der Waals surface area (Å²) in [4.78, 5) is 0.742. The number of nitrogens with one attached hydrogen (secondary N) is 1. The Kier molecular flexibility index (Phi) is 3.74. The monoisotopic (exact) mass is 295 g/mol. The molecule has 1 atom stereocenters. The molecule has 0 spiro atoms. The van der Waals surface area contributed by atoms with E-state index in [1.165, 1.54) is 0 Å². The van der Waals surface area contributed by atoms with Gasteiger partial charge in [-0.1, -0.05) is 30.3 Å². The smallest absolute Gasteiger partial charge is 0.151 e. The van der Waals surface area contributed by atoms with Crippen LogP contribution < -0.4 is 4.72 Å². The van der Waals surface area contributed by atoms with Gasteiger partial charge in [-0.25, -0.2) is 4.21 Å². The van der Waals surface area contributed by atoms with Crippen molar-refractivity contribution < 1.29 is 4.21 Å². The van der Waals surface area contributed by atoms with Gasteiger partial charge in [-0.15, -0.1) is 0 Å². The van der Waals surface area contributed by atoms with E-state index in [1.54, 1.807) is 0 Å². The molecule has 0 saturated heterocycles. The van der Waals surface area contributed by atoms with Crippen LogP contribution in [-0.2, 0) is 11.0 Å². The minimum absolute atomic E-state index is 0.742. The molecular formula is C12H10BrNOS. The van der Waals surface area contributed by atoms with Gasteiger partial charge >= 0.3 is 0 Å². The van der Waals surface area contributed by atoms with Gasteiger partial charge in [0.05, 0.1) is 4.90 Å². The van der Waals surface area contributed by atoms with Crippen molar-refractivity contribution in [2.24, 2.45) is 0 Å². The maximum atomic E-state index is 12.0. The van der Waals surface area contributed by atoms with Gasteiger partial charge in [0, 0.05) is 10.2 Å². The molecule has 16 heavy (non-hydrogen) atoms. The average molecular weight is 296 g/mol. The van der Waals surface area contributed by atoms with Crippen LogP contribution in [0.25, 0.3) is 0 Å². The van der Waals surface area contributed by atoms with E-state index in [0.29, 0.717) is 0 Å². The van der Waals surface area contributed by atoms with Crippen molar-refractivity contribution in [3.05, 3.63) is 59.1 Å². The summed E-state index contributed by atoms with van der Waals surface area (Å²) in [6.45, 7) is 0. The molecule has 0 bridgehead atoms. The molecule has 0 radical (unpaired) electrons. The Labute approximate surface area is 105 Å². The Hall–Kier alpha value is -1.13. The highest BCUT2D eigenvalue weighted by Crippen LogP contribution is 2.20. The van der Waals surface area contributed by atoms with E-state index in [9.17, 15) is 4.21 Å². The number of anilines is 1. The van der Waals surface area contributed by atoms with E-state index in [4.69, 9.17) is 0 Å². The molecule has 4 heteroatoms. The van der Waals surface area contributed by atoms with Gasteiger partial charge in [0.15, 0.2) is 11.0 Å². The molecule has 0 aliphatic carbocycles. The van der Waals surface area contributed by atoms with Crippen molar-refractivity contribution in [1.82, 2.24) is 0 Å². The SMILES string of the molecule is O=S(Nc1ccccc1)c1ccccc1Br. The standard InChI is InChI=1S/C12H10BrNOS/c13-11-8-4-5-9-12(11)16(15)14-10-6-2-1-3-7-10/h1-9,14H. The van der Waals surface area contributed by atoms with Crippen molar-refractivity contribution in [2.75, 3.05) is 4.72 Å². The Morgan fingerprint density at radius 1 is 0.938 bits per heavy atom. The summed E-state index contributed by atoms with van der Waals surface area (Å²) in [5.74, 6) is 0. The van der Waals surface area contributed by atoms with Crippen LogP contribution in [-0.4, -0.2) is 4.21 Å². The molecule has 0 aromatic heterocycles. The summed E-state index contributed by atoms with van der Waals surface area (Å²) in [6, 6.07) is 17.0. The van der Waals surface area contributed by atoms with Crippen LogP contribution >= 0.6 is 15.9 Å². The van der Waals surface area contributed by atoms with Crippen molar-refractivity contribution in [3.63, 3.8) is 0 Å². The lowest BCUT2D eigenvalue weighted by molar-refractivity contribution is 0.686. The van der Waals surface area contributed by atoms with Crippen molar-refractivity contribution >= 4 is 32.6 Å². The Balaban J connectivity index is 2.19. The van der Waals surface area contributed by atoms with E-state index >= 15 is 0 Å². The second-order valence-corrected chi connectivity index (χ2v) is 5.20. The van der Waals surface area contributed by atoms with E-state index in [2.05, 4.69) is 20.7 Å². The molecule has 1 unspecified atom stereocenters. The summed E-state index contributed by atoms with van der Waals surface area (Å²) >= 11 is 3.38. The fourth-order valence-electron chi connectivity index (χ4n) is 1.26. The van der Waals surface area contributed by atoms with Gasteiger partial charge in [0.1, 0.15) is 0 Å². The Morgan fingerprint density at radius 3 is 2.25 bits per heavy atom. The normalized spacial score (nSPS) is 12.1. The summed E-state index contributed by atoms with van der Waals surface area (Å²) in [5, 5.41) is 0. The largest absolute Gasteiger partial charge is 0.301 e. The predicted octanol–water partition coefficient (Wildman–Crippen LogP) is 3.58. The van der Waals surface area contributed by atoms with Gasteiger partial charge in [-0.05, 0) is 40.2 Å². The molecular weight excluding hydrogens is 286 g/mol. The summed E-state index contributed by atoms with van der Waals surface area (Å²) < 4.78 is 15.8. The van der Waals surface area contributed by atoms with Crippen molar-refractivity contribution in [1.29, 1.82) is 0 Å². The predicted molar refractivity (Wildman–Crippen MR) is 70.6 cm³/mol. The number of hydrogen-bond donors (Lipinski definition) is 1. The molecule has 82 valence electrons. The molecule has 2 aromatic carbocycles. The second-order valence-electron chi connectivity index (χ2n) is 3.17. The first kappa shape index (κ1) is 11.4. The highest BCUT2D eigenvalue weighted by molar-refractivity contribution is 9.10. The zero-order valence-corrected chi connectivity index (χ0v) is 10.8. The highest BCUT2D eigenvalue weighted by atomic mass is 79.9. The van der Waals surface area contributed by atoms with Crippen molar-refractivity contribution in [3.8, 4) is 0 Å². The molecule has 0 amide bonds. The fourth-order valence-corrected chi connectivity index (χ4v) is 2.90. The first-order valence-corrected chi connectivity index (χ1v) is 6.69. The lowest BCUT2D eigenvalue weighted by Crippen LogP contribution is -2.04. The van der Waals surface area contributed by atoms with Crippen LogP contribution in [0.15, 0.2) is 64.0 Å². The molecule has 0 aliphatic rings. The van der Waals surface area contributed by atoms with E-state index in [-0.39, 0.29) is 0 Å². The number of hydrogen-bond acceptors (Lipinski definition) is 1. The molecule has 1 N–H and O–H groups in total. The van der Waals surface area contributed by atoms with Crippen LogP contribution in [0.1, 0.15) is 0 Å². The zero-order chi connectivity index (χ0) is 11.4. The molecule has 2 aromatic rings. The van der Waals surface area contributed by atoms with Crippen LogP contribution in [0.2, 0.25) is 0 Å². The second kappa shape index (κ2) is 5.27. The number of benzene rings is 2. The first-order chi connectivity index (χ1) is 7.77. The first-order valence-electron chi connectivity index (χ1n) is 4.75. The minimum atomic E-state index is -1.24. The molecule has 0 saturated carbocycles. The third-order valence-electron chi connectivity index (χ3n) is 2.02. The minimum Gasteiger partial charge on any atom is -0.301 e. The fraction of sp³-hybridized carbons (Fsp3) is 0. The lowest BCUT2D eigenvalue weighted by Gasteiger charge is -2.06. The average Bonchev–Trinajstić information content (AvgIpc) is 2.31. The maximum absolute atomic E-state index is 12.0. The molecule has 0 heterocycles. The maximum Gasteiger partial charge on any atom is 0.151 e. The molecule has 0 fully saturated rings. The Morgan fingerprint density at radius 2 is 1.56 bits per heavy atom. The van der Waals surface area contributed by atoms with Gasteiger partial charge in [-0.3, -0.25) is 0 Å². The van der Waals surface area contributed by atoms with Crippen LogP contribution in [0.3, 0.4) is 0 Å². The molecule has 2 rings (SSSR count). The molecule has 0 aliphatic heterocycles. The van der Waals surface area contributed by atoms with Gasteiger partial charge < -0.3 is 4.72 Å². The number of rotatable bonds is 3. The number of para-hydroxylation sites is 1. The quantitative estimate of drug-likeness (QED) is 0.921. The number of halogens is 1. The summed E-state index contributed by atoms with van der Waals surface area (Å²) in [7, 11) is -1.24. The zero-order valence-electron chi connectivity index (χ0n) is 8.39. The van der Waals surface area contributed by atoms with Gasteiger partial charge in [0.2, 0.25) is 0 Å². The van der Waals surface area contributed by atoms with Crippen LogP contribution in [0, 0.1) is 0 Å². The lowest BCUT2D eigenvalue weighted by atomic mass is 10.3. The van der Waals surface area contributed by atoms with Crippen molar-refractivity contribution in [2.45, 2.75) is 4.90 Å². The molecule has 2 nitrogen and oxygen atoms in total. The topological polar surface area (TPSA) is 29.1 Å².